The second kappa shape index (κ2) is 11.5. The van der Waals surface area contributed by atoms with Crippen LogP contribution >= 0.6 is 0 Å². The zero-order valence-corrected chi connectivity index (χ0v) is 19.4. The third-order valence-corrected chi connectivity index (χ3v) is 5.82. The molecule has 0 aliphatic carbocycles. The van der Waals surface area contributed by atoms with E-state index in [1.165, 1.54) is 36.4 Å². The van der Waals surface area contributed by atoms with Gasteiger partial charge in [-0.25, -0.2) is 0 Å². The second-order valence-electron chi connectivity index (χ2n) is 6.82. The Kier molecular flexibility index (Phi) is 9.36. The first-order valence-electron chi connectivity index (χ1n) is 9.28. The Morgan fingerprint density at radius 2 is 1.00 bits per heavy atom. The predicted octanol–water partition coefficient (Wildman–Crippen LogP) is 3.31. The van der Waals surface area contributed by atoms with Crippen molar-refractivity contribution in [3.8, 4) is 11.5 Å². The number of hydrogen-bond donors (Lipinski definition) is 0. The van der Waals surface area contributed by atoms with Gasteiger partial charge in [-0.15, -0.1) is 0 Å². The first kappa shape index (κ1) is 29.4. The first-order chi connectivity index (χ1) is 16.5. The summed E-state index contributed by atoms with van der Waals surface area (Å²) in [4.78, 5) is 22.9. The molecule has 0 heterocycles. The molecule has 0 fully saturated rings. The molecule has 0 spiro atoms. The molecule has 0 bridgehead atoms. The number of hydrogen-bond acceptors (Lipinski definition) is 4. The van der Waals surface area contributed by atoms with Crippen molar-refractivity contribution in [2.24, 2.45) is 5.92 Å². The summed E-state index contributed by atoms with van der Waals surface area (Å²) in [6, 6.07) is 9.38. The van der Waals surface area contributed by atoms with Gasteiger partial charge in [0.05, 0.1) is 0 Å². The topological polar surface area (TPSA) is 52.6 Å². The molecule has 4 nitrogen and oxygen atoms in total. The average molecular weight is 645 g/mol. The number of rotatable bonds is 7. The van der Waals surface area contributed by atoms with Crippen LogP contribution < -0.4 is 31.3 Å². The van der Waals surface area contributed by atoms with Crippen LogP contribution in [0, 0.1) is 5.92 Å². The Bertz CT molecular complexity index is 1060. The maximum atomic E-state index is 12.6. The zero-order valence-electron chi connectivity index (χ0n) is 17.2. The van der Waals surface area contributed by atoms with Crippen LogP contribution in [0.2, 0.25) is 0 Å². The summed E-state index contributed by atoms with van der Waals surface area (Å²) in [6.45, 7) is 0. The van der Waals surface area contributed by atoms with Crippen molar-refractivity contribution in [2.45, 2.75) is 22.5 Å². The van der Waals surface area contributed by atoms with Gasteiger partial charge in [-0.05, 0) is 0 Å². The summed E-state index contributed by atoms with van der Waals surface area (Å²) in [7, 11) is 0. The van der Waals surface area contributed by atoms with Crippen molar-refractivity contribution in [1.82, 2.24) is 0 Å². The van der Waals surface area contributed by atoms with Crippen molar-refractivity contribution < 1.29 is 83.2 Å². The Morgan fingerprint density at radius 1 is 0.639 bits per heavy atom. The van der Waals surface area contributed by atoms with Gasteiger partial charge in [0.2, 0.25) is 5.92 Å². The van der Waals surface area contributed by atoms with Gasteiger partial charge in [-0.3, -0.25) is 4.79 Å². The van der Waals surface area contributed by atoms with Crippen LogP contribution in [0.5, 0.6) is 11.5 Å². The number of esters is 2. The maximum absolute atomic E-state index is 12.6. The summed E-state index contributed by atoms with van der Waals surface area (Å²) in [5.41, 5.74) is 0.835. The van der Waals surface area contributed by atoms with E-state index in [1.54, 1.807) is 0 Å². The van der Waals surface area contributed by atoms with Crippen molar-refractivity contribution in [1.29, 1.82) is 0 Å². The predicted molar refractivity (Wildman–Crippen MR) is 99.6 cm³/mol. The van der Waals surface area contributed by atoms with E-state index >= 15 is 0 Å². The number of alkyl halides is 10. The van der Waals surface area contributed by atoms with E-state index in [-0.39, 0.29) is 5.75 Å². The standard InChI is InChI=1S/C21H12F10IO4/c22-19(23,24)15(20(25,26)27)17(33)35-13-7-3-11(4-8-13)1-2-12-5-9-14(10-6-12)36-18(34)16(32-31)21(28,29)30/h1-10,15-16H/q-1/b2-1+. The Morgan fingerprint density at radius 3 is 1.31 bits per heavy atom. The molecule has 36 heavy (non-hydrogen) atoms. The van der Waals surface area contributed by atoms with E-state index in [0.717, 1.165) is 24.3 Å². The minimum atomic E-state index is -5.89. The molecule has 0 saturated carbocycles. The summed E-state index contributed by atoms with van der Waals surface area (Å²) < 4.78 is 132. The van der Waals surface area contributed by atoms with Crippen LogP contribution in [-0.4, -0.2) is 34.4 Å². The monoisotopic (exact) mass is 645 g/mol. The van der Waals surface area contributed by atoms with E-state index in [2.05, 4.69) is 9.47 Å². The van der Waals surface area contributed by atoms with Crippen LogP contribution in [0.3, 0.4) is 0 Å². The van der Waals surface area contributed by atoms with E-state index in [9.17, 15) is 52.0 Å². The van der Waals surface area contributed by atoms with Crippen molar-refractivity contribution in [3.63, 3.8) is 0 Å². The molecule has 1 atom stereocenters. The Labute approximate surface area is 206 Å². The molecular weight excluding hydrogens is 633 g/mol. The van der Waals surface area contributed by atoms with E-state index in [1.807, 2.05) is 0 Å². The number of carbonyl (C=O) groups excluding carboxylic acids is 2. The second-order valence-corrected chi connectivity index (χ2v) is 8.53. The number of ether oxygens (including phenoxy) is 2. The van der Waals surface area contributed by atoms with Crippen LogP contribution in [0.25, 0.3) is 12.2 Å². The average Bonchev–Trinajstić information content (AvgIpc) is 2.71. The minimum absolute atomic E-state index is 0.258. The van der Waals surface area contributed by atoms with Gasteiger partial charge in [0.25, 0.3) is 0 Å². The molecule has 2 aromatic rings. The molecule has 2 rings (SSSR count). The van der Waals surface area contributed by atoms with Crippen LogP contribution in [-0.2, 0) is 9.59 Å². The zero-order chi connectivity index (χ0) is 27.3. The van der Waals surface area contributed by atoms with Crippen LogP contribution in [0.4, 0.5) is 42.4 Å². The number of carbonyl (C=O) groups is 2. The van der Waals surface area contributed by atoms with Gasteiger partial charge in [-0.2, -0.15) is 26.3 Å². The molecule has 0 amide bonds. The van der Waals surface area contributed by atoms with Crippen molar-refractivity contribution in [2.75, 3.05) is 0 Å². The van der Waals surface area contributed by atoms with Gasteiger partial charge >= 0.3 is 159 Å². The summed E-state index contributed by atoms with van der Waals surface area (Å²) in [5, 5.41) is 0. The summed E-state index contributed by atoms with van der Waals surface area (Å²) >= 11 is -2.99. The van der Waals surface area contributed by atoms with Crippen LogP contribution in [0.15, 0.2) is 48.5 Å². The molecule has 0 N–H and O–H groups in total. The summed E-state index contributed by atoms with van der Waals surface area (Å²) in [5.74, 6) is -9.42. The van der Waals surface area contributed by atoms with Gasteiger partial charge in [0.1, 0.15) is 5.75 Å². The van der Waals surface area contributed by atoms with Crippen molar-refractivity contribution >= 4 is 24.1 Å². The van der Waals surface area contributed by atoms with Gasteiger partial charge in [0, 0.05) is 0 Å². The van der Waals surface area contributed by atoms with Gasteiger partial charge in [-0.1, -0.05) is 0 Å². The van der Waals surface area contributed by atoms with Crippen molar-refractivity contribution in [3.05, 3.63) is 59.7 Å². The molecule has 198 valence electrons. The number of benzene rings is 2. The first-order valence-corrected chi connectivity index (χ1v) is 11.3. The van der Waals surface area contributed by atoms with E-state index in [4.69, 9.17) is 0 Å². The molecular formula is C21H12F10IO4-. The molecule has 0 saturated heterocycles. The van der Waals surface area contributed by atoms with Crippen LogP contribution in [0.1, 0.15) is 11.1 Å². The third-order valence-electron chi connectivity index (χ3n) is 4.13. The van der Waals surface area contributed by atoms with Gasteiger partial charge < -0.3 is 4.74 Å². The fourth-order valence-corrected chi connectivity index (χ4v) is 3.08. The molecule has 15 heteroatoms. The Hall–Kier alpha value is -2.85. The fourth-order valence-electron chi connectivity index (χ4n) is 2.50. The molecule has 0 aromatic heterocycles. The molecule has 0 aliphatic heterocycles. The van der Waals surface area contributed by atoms with E-state index < -0.39 is 67.8 Å². The Balaban J connectivity index is 2.02. The quantitative estimate of drug-likeness (QED) is 0.116. The normalized spacial score (nSPS) is 13.8. The molecule has 0 aliphatic rings. The SMILES string of the molecule is O=C(Oc1ccc(/C=C/c2ccc(OC(=O)C(C(F)(F)F)C(F)(F)F)cc2)cc1)C([I-]F)C(F)(F)F. The fraction of sp³-hybridized carbons (Fsp3) is 0.238. The third kappa shape index (κ3) is 8.37. The number of halogens is 11. The molecule has 2 aromatic carbocycles. The summed E-state index contributed by atoms with van der Waals surface area (Å²) in [6.07, 6.45) is -13.9. The molecule has 1 unspecified atom stereocenters. The van der Waals surface area contributed by atoms with E-state index in [0.29, 0.717) is 11.1 Å². The molecule has 0 radical (unpaired) electrons. The van der Waals surface area contributed by atoms with Gasteiger partial charge in [0.15, 0.2) is 0 Å².